The van der Waals surface area contributed by atoms with Crippen molar-refractivity contribution in [1.29, 1.82) is 0 Å². The molecule has 0 aliphatic carbocycles. The molecular weight excluding hydrogens is 435 g/mol. The van der Waals surface area contributed by atoms with Gasteiger partial charge in [-0.3, -0.25) is 4.79 Å². The molecule has 0 amide bonds. The van der Waals surface area contributed by atoms with Crippen molar-refractivity contribution in [2.24, 2.45) is 0 Å². The first-order valence-corrected chi connectivity index (χ1v) is 9.80. The third-order valence-electron chi connectivity index (χ3n) is 3.99. The Morgan fingerprint density at radius 1 is 1.25 bits per heavy atom. The lowest BCUT2D eigenvalue weighted by atomic mass is 10.2. The zero-order valence-electron chi connectivity index (χ0n) is 13.8. The number of hydrogen-bond donors (Lipinski definition) is 1. The van der Waals surface area contributed by atoms with Crippen molar-refractivity contribution < 1.29 is 27.5 Å². The van der Waals surface area contributed by atoms with Crippen LogP contribution < -0.4 is 4.40 Å². The van der Waals surface area contributed by atoms with Crippen molar-refractivity contribution in [2.45, 2.75) is 12.7 Å². The minimum Gasteiger partial charge on any atom is -0.474 e. The molecule has 144 valence electrons. The lowest BCUT2D eigenvalue weighted by molar-refractivity contribution is -0.521. The molecule has 0 spiro atoms. The summed E-state index contributed by atoms with van der Waals surface area (Å²) >= 11 is 7.42. The molecule has 0 fully saturated rings. The van der Waals surface area contributed by atoms with Crippen LogP contribution in [0.5, 0.6) is 5.88 Å². The molecule has 4 aromatic rings. The highest BCUT2D eigenvalue weighted by atomic mass is 35.5. The van der Waals surface area contributed by atoms with Gasteiger partial charge < -0.3 is 5.11 Å². The summed E-state index contributed by atoms with van der Waals surface area (Å²) in [6.45, 7) is 0.178. The Kier molecular flexibility index (Phi) is 4.64. The van der Waals surface area contributed by atoms with Crippen molar-refractivity contribution in [3.8, 4) is 5.88 Å². The Morgan fingerprint density at radius 2 is 2.04 bits per heavy atom. The molecule has 0 aliphatic heterocycles. The molecule has 5 nitrogen and oxygen atoms in total. The molecule has 4 aromatic heterocycles. The maximum atomic E-state index is 13.0. The molecule has 0 saturated carbocycles. The smallest absolute Gasteiger partial charge is 0.425 e. The second-order valence-corrected chi connectivity index (χ2v) is 8.54. The van der Waals surface area contributed by atoms with Crippen molar-refractivity contribution in [3.05, 3.63) is 67.5 Å². The lowest BCUT2D eigenvalue weighted by Crippen LogP contribution is -2.19. The van der Waals surface area contributed by atoms with Crippen LogP contribution in [0.25, 0.3) is 5.65 Å². The highest BCUT2D eigenvalue weighted by Crippen LogP contribution is 2.36. The summed E-state index contributed by atoms with van der Waals surface area (Å²) in [4.78, 5) is 16.7. The van der Waals surface area contributed by atoms with Crippen LogP contribution in [-0.4, -0.2) is 20.4 Å². The number of aromatic hydroxyl groups is 1. The van der Waals surface area contributed by atoms with Crippen LogP contribution in [0.4, 0.5) is 13.2 Å². The standard InChI is InChI=1S/C17H9ClF3N3O2S2/c18-16-22-7-9(27-16)8-24-12-3-1-2-6-23(12)15(26)13(24)14(25)10-4-5-11(28-10)17(19,20)21/h1-7H,8H2/p+1. The molecule has 0 bridgehead atoms. The van der Waals surface area contributed by atoms with Crippen LogP contribution in [0.1, 0.15) is 25.1 Å². The number of carbonyl (C=O) groups excluding carboxylic acids is 1. The highest BCUT2D eigenvalue weighted by molar-refractivity contribution is 7.15. The minimum atomic E-state index is -4.54. The van der Waals surface area contributed by atoms with Crippen LogP contribution in [0.2, 0.25) is 4.47 Å². The molecule has 0 aliphatic rings. The average molecular weight is 445 g/mol. The Balaban J connectivity index is 1.85. The van der Waals surface area contributed by atoms with Crippen molar-refractivity contribution in [1.82, 2.24) is 9.55 Å². The van der Waals surface area contributed by atoms with E-state index in [2.05, 4.69) is 4.98 Å². The third-order valence-corrected chi connectivity index (χ3v) is 6.22. The van der Waals surface area contributed by atoms with E-state index in [1.54, 1.807) is 30.6 Å². The van der Waals surface area contributed by atoms with Crippen LogP contribution in [0.15, 0.2) is 42.7 Å². The van der Waals surface area contributed by atoms with Gasteiger partial charge in [0.2, 0.25) is 5.78 Å². The van der Waals surface area contributed by atoms with Gasteiger partial charge in [-0.25, -0.2) is 9.55 Å². The van der Waals surface area contributed by atoms with E-state index in [0.29, 0.717) is 21.5 Å². The number of alkyl halides is 3. The second kappa shape index (κ2) is 6.87. The Morgan fingerprint density at radius 3 is 2.68 bits per heavy atom. The van der Waals surface area contributed by atoms with Gasteiger partial charge in [0.15, 0.2) is 4.47 Å². The van der Waals surface area contributed by atoms with Gasteiger partial charge in [-0.1, -0.05) is 17.7 Å². The average Bonchev–Trinajstić information content (AvgIpc) is 3.34. The summed E-state index contributed by atoms with van der Waals surface area (Å²) in [5.41, 5.74) is 0.395. The summed E-state index contributed by atoms with van der Waals surface area (Å²) in [7, 11) is 0. The van der Waals surface area contributed by atoms with E-state index in [1.807, 2.05) is 0 Å². The quantitative estimate of drug-likeness (QED) is 0.375. The number of nitrogens with zero attached hydrogens (tertiary/aromatic N) is 3. The Hall–Kier alpha value is -2.43. The summed E-state index contributed by atoms with van der Waals surface area (Å²) in [5.74, 6) is -1.05. The van der Waals surface area contributed by atoms with Crippen LogP contribution in [0.3, 0.4) is 0 Å². The predicted molar refractivity (Wildman–Crippen MR) is 98.2 cm³/mol. The monoisotopic (exact) mass is 444 g/mol. The molecule has 4 rings (SSSR count). The molecule has 0 saturated heterocycles. The van der Waals surface area contributed by atoms with E-state index in [1.165, 1.54) is 20.3 Å². The largest absolute Gasteiger partial charge is 0.474 e. The Labute approximate surface area is 168 Å². The molecule has 0 unspecified atom stereocenters. The van der Waals surface area contributed by atoms with Gasteiger partial charge in [0.05, 0.1) is 16.0 Å². The molecule has 0 aromatic carbocycles. The number of thiazole rings is 1. The van der Waals surface area contributed by atoms with Crippen molar-refractivity contribution in [3.63, 3.8) is 0 Å². The first-order valence-electron chi connectivity index (χ1n) is 7.79. The number of halogens is 4. The molecule has 0 atom stereocenters. The fourth-order valence-corrected chi connectivity index (χ4v) is 4.59. The third kappa shape index (κ3) is 3.27. The summed E-state index contributed by atoms with van der Waals surface area (Å²) in [6.07, 6.45) is -1.43. The van der Waals surface area contributed by atoms with Crippen molar-refractivity contribution in [2.75, 3.05) is 0 Å². The SMILES string of the molecule is O=C(c1ccc(C(F)(F)F)s1)c1c(O)[n+]2ccccc2n1Cc1cnc(Cl)s1. The Bertz CT molecular complexity index is 1200. The molecule has 28 heavy (non-hydrogen) atoms. The fraction of sp³-hybridized carbons (Fsp3) is 0.118. The van der Waals surface area contributed by atoms with E-state index in [4.69, 9.17) is 11.6 Å². The molecule has 0 radical (unpaired) electrons. The summed E-state index contributed by atoms with van der Waals surface area (Å²) < 4.78 is 42.0. The highest BCUT2D eigenvalue weighted by Gasteiger charge is 2.36. The van der Waals surface area contributed by atoms with E-state index >= 15 is 0 Å². The number of rotatable bonds is 4. The van der Waals surface area contributed by atoms with E-state index < -0.39 is 16.8 Å². The maximum absolute atomic E-state index is 13.0. The molecule has 1 N–H and O–H groups in total. The maximum Gasteiger partial charge on any atom is 0.425 e. The number of ketones is 1. The number of imidazole rings is 1. The molecule has 11 heteroatoms. The van der Waals surface area contributed by atoms with E-state index in [9.17, 15) is 23.1 Å². The number of aromatic nitrogens is 3. The van der Waals surface area contributed by atoms with Crippen molar-refractivity contribution >= 4 is 45.7 Å². The summed E-state index contributed by atoms with van der Waals surface area (Å²) in [6, 6.07) is 7.06. The van der Waals surface area contributed by atoms with Crippen LogP contribution in [0, 0.1) is 0 Å². The van der Waals surface area contributed by atoms with Crippen LogP contribution >= 0.6 is 34.3 Å². The normalized spacial score (nSPS) is 12.0. The van der Waals surface area contributed by atoms with Gasteiger partial charge in [-0.05, 0) is 18.2 Å². The van der Waals surface area contributed by atoms with Gasteiger partial charge in [0.25, 0.3) is 11.3 Å². The van der Waals surface area contributed by atoms with E-state index in [-0.39, 0.29) is 23.0 Å². The summed E-state index contributed by atoms with van der Waals surface area (Å²) in [5, 5.41) is 10.6. The molecule has 4 heterocycles. The number of pyridine rings is 1. The van der Waals surface area contributed by atoms with Gasteiger partial charge in [0.1, 0.15) is 11.4 Å². The predicted octanol–water partition coefficient (Wildman–Crippen LogP) is 4.40. The van der Waals surface area contributed by atoms with E-state index in [0.717, 1.165) is 17.0 Å². The van der Waals surface area contributed by atoms with Gasteiger partial charge in [0, 0.05) is 12.3 Å². The number of fused-ring (bicyclic) bond motifs is 1. The van der Waals surface area contributed by atoms with Crippen LogP contribution in [-0.2, 0) is 12.7 Å². The zero-order chi connectivity index (χ0) is 20.1. The number of carbonyl (C=O) groups is 1. The first kappa shape index (κ1) is 18.9. The lowest BCUT2D eigenvalue weighted by Gasteiger charge is -2.01. The number of thiophene rings is 1. The van der Waals surface area contributed by atoms with Gasteiger partial charge in [-0.2, -0.15) is 17.6 Å². The second-order valence-electron chi connectivity index (χ2n) is 5.76. The minimum absolute atomic E-state index is 0.105. The number of hydrogen-bond acceptors (Lipinski definition) is 5. The topological polar surface area (TPSA) is 59.2 Å². The first-order chi connectivity index (χ1) is 13.3. The zero-order valence-corrected chi connectivity index (χ0v) is 16.2. The van der Waals surface area contributed by atoms with Gasteiger partial charge in [-0.15, -0.1) is 22.7 Å². The molecular formula is C17H10ClF3N3O2S2+. The fourth-order valence-electron chi connectivity index (χ4n) is 2.81. The van der Waals surface area contributed by atoms with Gasteiger partial charge >= 0.3 is 12.1 Å².